The lowest BCUT2D eigenvalue weighted by atomic mass is 10.1. The van der Waals surface area contributed by atoms with Crippen LogP contribution < -0.4 is 5.32 Å². The molecule has 0 aliphatic heterocycles. The first-order valence-electron chi connectivity index (χ1n) is 10.7. The molecule has 0 spiro atoms. The van der Waals surface area contributed by atoms with Crippen molar-refractivity contribution in [3.8, 4) is 11.5 Å². The van der Waals surface area contributed by atoms with Crippen molar-refractivity contribution >= 4 is 29.7 Å². The molecule has 0 radical (unpaired) electrons. The molecular formula is C23H35NO5S. The molecule has 6 nitrogen and oxygen atoms in total. The van der Waals surface area contributed by atoms with E-state index in [1.165, 1.54) is 63.8 Å². The normalized spacial score (nSPS) is 11.0. The first-order chi connectivity index (χ1) is 14.5. The molecular weight excluding hydrogens is 402 g/mol. The van der Waals surface area contributed by atoms with Crippen molar-refractivity contribution in [3.05, 3.63) is 29.8 Å². The highest BCUT2D eigenvalue weighted by Crippen LogP contribution is 2.25. The number of aromatic hydroxyl groups is 2. The van der Waals surface area contributed by atoms with Gasteiger partial charge in [-0.1, -0.05) is 44.6 Å². The summed E-state index contributed by atoms with van der Waals surface area (Å²) < 4.78 is 4.62. The number of carbonyl (C=O) groups is 2. The monoisotopic (exact) mass is 437 g/mol. The fourth-order valence-corrected chi connectivity index (χ4v) is 3.72. The summed E-state index contributed by atoms with van der Waals surface area (Å²) in [5, 5.41) is 21.5. The third-order valence-electron chi connectivity index (χ3n) is 4.62. The van der Waals surface area contributed by atoms with E-state index in [1.54, 1.807) is 12.1 Å². The van der Waals surface area contributed by atoms with E-state index in [-0.39, 0.29) is 23.4 Å². The van der Waals surface area contributed by atoms with Crippen molar-refractivity contribution in [3.63, 3.8) is 0 Å². The number of hydrogen-bond donors (Lipinski definition) is 3. The van der Waals surface area contributed by atoms with Crippen molar-refractivity contribution in [2.45, 2.75) is 57.8 Å². The lowest BCUT2D eigenvalue weighted by Gasteiger charge is -2.04. The number of unbranched alkanes of at least 4 members (excludes halogenated alkanes) is 7. The van der Waals surface area contributed by atoms with Gasteiger partial charge in [-0.25, -0.2) is 0 Å². The van der Waals surface area contributed by atoms with Crippen molar-refractivity contribution in [1.82, 2.24) is 5.32 Å². The molecule has 1 amide bonds. The molecule has 0 fully saturated rings. The average molecular weight is 438 g/mol. The van der Waals surface area contributed by atoms with E-state index in [2.05, 4.69) is 10.1 Å². The second kappa shape index (κ2) is 16.6. The molecule has 168 valence electrons. The number of rotatable bonds is 16. The molecule has 0 aliphatic carbocycles. The number of thioether (sulfide) groups is 1. The minimum atomic E-state index is -0.204. The molecule has 0 unspecified atom stereocenters. The number of phenols is 2. The quantitative estimate of drug-likeness (QED) is 0.151. The van der Waals surface area contributed by atoms with E-state index in [4.69, 9.17) is 0 Å². The lowest BCUT2D eigenvalue weighted by Crippen LogP contribution is -2.23. The van der Waals surface area contributed by atoms with Crippen LogP contribution in [0.1, 0.15) is 63.4 Å². The van der Waals surface area contributed by atoms with Gasteiger partial charge in [-0.15, -0.1) is 0 Å². The molecule has 0 saturated heterocycles. The van der Waals surface area contributed by atoms with Crippen LogP contribution in [0.25, 0.3) is 6.08 Å². The van der Waals surface area contributed by atoms with E-state index in [1.807, 2.05) is 11.8 Å². The van der Waals surface area contributed by atoms with Crippen LogP contribution in [0.4, 0.5) is 0 Å². The lowest BCUT2D eigenvalue weighted by molar-refractivity contribution is -0.140. The zero-order valence-corrected chi connectivity index (χ0v) is 18.7. The van der Waals surface area contributed by atoms with Gasteiger partial charge in [0.15, 0.2) is 11.5 Å². The van der Waals surface area contributed by atoms with Crippen LogP contribution in [0.5, 0.6) is 11.5 Å². The third-order valence-corrected chi connectivity index (χ3v) is 5.69. The van der Waals surface area contributed by atoms with Gasteiger partial charge in [-0.3, -0.25) is 9.59 Å². The van der Waals surface area contributed by atoms with E-state index in [0.29, 0.717) is 18.5 Å². The third kappa shape index (κ3) is 13.1. The standard InChI is InChI=1S/C23H35NO5S/c1-29-23(28)10-8-6-4-2-3-5-7-9-16-30-17-15-24-22(27)14-12-19-11-13-20(25)21(26)18-19/h11-14,18,25-26H,2-10,15-17H2,1H3,(H,24,27)/b14-12+. The van der Waals surface area contributed by atoms with Crippen LogP contribution >= 0.6 is 11.8 Å². The maximum atomic E-state index is 11.8. The van der Waals surface area contributed by atoms with Crippen LogP contribution in [0.2, 0.25) is 0 Å². The number of methoxy groups -OCH3 is 1. The maximum Gasteiger partial charge on any atom is 0.305 e. The Hall–Kier alpha value is -2.15. The highest BCUT2D eigenvalue weighted by molar-refractivity contribution is 7.99. The van der Waals surface area contributed by atoms with Crippen molar-refractivity contribution in [1.29, 1.82) is 0 Å². The summed E-state index contributed by atoms with van der Waals surface area (Å²) in [7, 11) is 1.43. The fraction of sp³-hybridized carbons (Fsp3) is 0.565. The molecule has 0 aliphatic rings. The van der Waals surface area contributed by atoms with E-state index < -0.39 is 0 Å². The van der Waals surface area contributed by atoms with Gasteiger partial charge in [0.25, 0.3) is 0 Å². The van der Waals surface area contributed by atoms with Crippen molar-refractivity contribution < 1.29 is 24.5 Å². The molecule has 1 rings (SSSR count). The second-order valence-corrected chi connectivity index (χ2v) is 8.36. The molecule has 30 heavy (non-hydrogen) atoms. The molecule has 1 aromatic carbocycles. The SMILES string of the molecule is COC(=O)CCCCCCCCCCSCCNC(=O)/C=C/c1ccc(O)c(O)c1. The summed E-state index contributed by atoms with van der Waals surface area (Å²) in [5.41, 5.74) is 0.649. The number of phenolic OH excluding ortho intramolecular Hbond substituents is 2. The van der Waals surface area contributed by atoms with E-state index in [0.717, 1.165) is 24.3 Å². The van der Waals surface area contributed by atoms with Crippen LogP contribution in [0.3, 0.4) is 0 Å². The molecule has 3 N–H and O–H groups in total. The molecule has 1 aromatic rings. The number of amides is 1. The predicted molar refractivity (Wildman–Crippen MR) is 123 cm³/mol. The highest BCUT2D eigenvalue weighted by Gasteiger charge is 2.00. The zero-order chi connectivity index (χ0) is 22.0. The minimum absolute atomic E-state index is 0.112. The Kier molecular flexibility index (Phi) is 14.3. The minimum Gasteiger partial charge on any atom is -0.504 e. The van der Waals surface area contributed by atoms with Gasteiger partial charge in [0, 0.05) is 24.8 Å². The number of carbonyl (C=O) groups excluding carboxylic acids is 2. The molecule has 0 saturated carbocycles. The van der Waals surface area contributed by atoms with Gasteiger partial charge in [0.05, 0.1) is 7.11 Å². The van der Waals surface area contributed by atoms with Crippen LogP contribution in [-0.4, -0.2) is 47.2 Å². The first kappa shape index (κ1) is 25.9. The van der Waals surface area contributed by atoms with Crippen molar-refractivity contribution in [2.24, 2.45) is 0 Å². The van der Waals surface area contributed by atoms with Gasteiger partial charge in [0.1, 0.15) is 0 Å². The maximum absolute atomic E-state index is 11.8. The van der Waals surface area contributed by atoms with Gasteiger partial charge in [0.2, 0.25) is 5.91 Å². The summed E-state index contributed by atoms with van der Waals surface area (Å²) in [6.07, 6.45) is 13.0. The number of hydrogen-bond acceptors (Lipinski definition) is 6. The fourth-order valence-electron chi connectivity index (χ4n) is 2.86. The molecule has 0 bridgehead atoms. The van der Waals surface area contributed by atoms with Crippen LogP contribution in [-0.2, 0) is 14.3 Å². The smallest absolute Gasteiger partial charge is 0.305 e. The Bertz CT molecular complexity index is 663. The molecule has 0 heterocycles. The van der Waals surface area contributed by atoms with Gasteiger partial charge in [-0.05, 0) is 42.4 Å². The topological polar surface area (TPSA) is 95.9 Å². The summed E-state index contributed by atoms with van der Waals surface area (Å²) in [5.74, 6) is 1.33. The Morgan fingerprint density at radius 3 is 2.30 bits per heavy atom. The largest absolute Gasteiger partial charge is 0.504 e. The summed E-state index contributed by atoms with van der Waals surface area (Å²) in [6, 6.07) is 4.41. The Morgan fingerprint density at radius 1 is 0.967 bits per heavy atom. The number of benzene rings is 1. The zero-order valence-electron chi connectivity index (χ0n) is 17.9. The molecule has 0 atom stereocenters. The van der Waals surface area contributed by atoms with E-state index >= 15 is 0 Å². The second-order valence-electron chi connectivity index (χ2n) is 7.14. The van der Waals surface area contributed by atoms with Gasteiger partial charge < -0.3 is 20.3 Å². The van der Waals surface area contributed by atoms with Crippen molar-refractivity contribution in [2.75, 3.05) is 25.2 Å². The summed E-state index contributed by atoms with van der Waals surface area (Å²) >= 11 is 1.85. The number of ether oxygens (including phenoxy) is 1. The predicted octanol–water partition coefficient (Wildman–Crippen LogP) is 4.64. The number of esters is 1. The van der Waals surface area contributed by atoms with Gasteiger partial charge >= 0.3 is 5.97 Å². The van der Waals surface area contributed by atoms with E-state index in [9.17, 15) is 19.8 Å². The molecule has 7 heteroatoms. The van der Waals surface area contributed by atoms with Gasteiger partial charge in [-0.2, -0.15) is 11.8 Å². The summed E-state index contributed by atoms with van der Waals surface area (Å²) in [4.78, 5) is 22.8. The average Bonchev–Trinajstić information content (AvgIpc) is 2.74. The Labute approximate surface area is 184 Å². The van der Waals surface area contributed by atoms with Crippen LogP contribution in [0, 0.1) is 0 Å². The number of nitrogens with one attached hydrogen (secondary N) is 1. The Morgan fingerprint density at radius 2 is 1.63 bits per heavy atom. The first-order valence-corrected chi connectivity index (χ1v) is 11.8. The Balaban J connectivity index is 1.90. The van der Waals surface area contributed by atoms with Crippen LogP contribution in [0.15, 0.2) is 24.3 Å². The highest BCUT2D eigenvalue weighted by atomic mass is 32.2. The molecule has 0 aromatic heterocycles. The summed E-state index contributed by atoms with van der Waals surface area (Å²) in [6.45, 7) is 0.625.